The first-order valence-corrected chi connectivity index (χ1v) is 9.60. The first-order chi connectivity index (χ1) is 14.3. The van der Waals surface area contributed by atoms with Crippen molar-refractivity contribution in [2.75, 3.05) is 52.9 Å². The van der Waals surface area contributed by atoms with Crippen LogP contribution in [0.3, 0.4) is 0 Å². The molecule has 0 heterocycles. The molecule has 0 aliphatic heterocycles. The Morgan fingerprint density at radius 2 is 1.21 bits per heavy atom. The second-order valence-corrected chi connectivity index (χ2v) is 5.95. The molecule has 2 aromatic carbocycles. The second-order valence-electron chi connectivity index (χ2n) is 5.95. The maximum absolute atomic E-state index is 10.8. The zero-order valence-electron chi connectivity index (χ0n) is 16.6. The van der Waals surface area contributed by atoms with Gasteiger partial charge in [-0.1, -0.05) is 49.0 Å². The van der Waals surface area contributed by atoms with E-state index in [1.165, 1.54) is 5.56 Å². The molecule has 0 bridgehead atoms. The monoisotopic (exact) mass is 400 g/mol. The number of carbonyl (C=O) groups excluding carboxylic acids is 1. The van der Waals surface area contributed by atoms with Crippen molar-refractivity contribution in [2.45, 2.75) is 0 Å². The molecule has 0 aliphatic carbocycles. The summed E-state index contributed by atoms with van der Waals surface area (Å²) in [6.45, 7) is 6.72. The fourth-order valence-electron chi connectivity index (χ4n) is 2.39. The van der Waals surface area contributed by atoms with Crippen molar-refractivity contribution in [3.05, 3.63) is 67.3 Å². The maximum atomic E-state index is 10.8. The minimum atomic E-state index is -0.449. The van der Waals surface area contributed by atoms with Crippen molar-refractivity contribution in [2.24, 2.45) is 0 Å². The van der Waals surface area contributed by atoms with Crippen LogP contribution in [0.25, 0.3) is 11.1 Å². The van der Waals surface area contributed by atoms with E-state index in [2.05, 4.69) is 18.7 Å². The summed E-state index contributed by atoms with van der Waals surface area (Å²) in [7, 11) is 0. The molecular formula is C23H28O6. The Labute approximate surface area is 172 Å². The van der Waals surface area contributed by atoms with Crippen LogP contribution in [-0.2, 0) is 23.7 Å². The Morgan fingerprint density at radius 1 is 0.690 bits per heavy atom. The topological polar surface area (TPSA) is 63.2 Å². The van der Waals surface area contributed by atoms with Crippen molar-refractivity contribution in [3.8, 4) is 16.9 Å². The van der Waals surface area contributed by atoms with Crippen molar-refractivity contribution in [3.63, 3.8) is 0 Å². The van der Waals surface area contributed by atoms with Gasteiger partial charge in [0.15, 0.2) is 0 Å². The molecule has 156 valence electrons. The van der Waals surface area contributed by atoms with Crippen LogP contribution >= 0.6 is 0 Å². The van der Waals surface area contributed by atoms with Gasteiger partial charge in [-0.25, -0.2) is 4.79 Å². The van der Waals surface area contributed by atoms with Crippen LogP contribution < -0.4 is 4.74 Å². The van der Waals surface area contributed by atoms with E-state index >= 15 is 0 Å². The number of hydrogen-bond acceptors (Lipinski definition) is 6. The van der Waals surface area contributed by atoms with Crippen LogP contribution in [0.1, 0.15) is 0 Å². The van der Waals surface area contributed by atoms with E-state index in [9.17, 15) is 4.79 Å². The molecule has 0 saturated heterocycles. The van der Waals surface area contributed by atoms with Crippen molar-refractivity contribution in [1.29, 1.82) is 0 Å². The normalized spacial score (nSPS) is 10.5. The third-order valence-corrected chi connectivity index (χ3v) is 3.84. The van der Waals surface area contributed by atoms with Crippen molar-refractivity contribution >= 4 is 5.97 Å². The molecular weight excluding hydrogens is 372 g/mol. The number of hydrogen-bond donors (Lipinski definition) is 0. The molecule has 0 spiro atoms. The highest BCUT2D eigenvalue weighted by Gasteiger charge is 1.99. The van der Waals surface area contributed by atoms with Crippen LogP contribution in [0, 0.1) is 0 Å². The van der Waals surface area contributed by atoms with E-state index in [-0.39, 0.29) is 6.61 Å². The molecule has 0 amide bonds. The average molecular weight is 400 g/mol. The molecule has 0 fully saturated rings. The Kier molecular flexibility index (Phi) is 11.2. The summed E-state index contributed by atoms with van der Waals surface area (Å²) in [4.78, 5) is 10.8. The lowest BCUT2D eigenvalue weighted by atomic mass is 10.1. The van der Waals surface area contributed by atoms with E-state index in [0.29, 0.717) is 46.2 Å². The molecule has 0 aromatic heterocycles. The first kappa shape index (κ1) is 22.6. The van der Waals surface area contributed by atoms with Crippen molar-refractivity contribution in [1.82, 2.24) is 0 Å². The van der Waals surface area contributed by atoms with Gasteiger partial charge in [-0.2, -0.15) is 0 Å². The average Bonchev–Trinajstić information content (AvgIpc) is 2.77. The largest absolute Gasteiger partial charge is 0.491 e. The van der Waals surface area contributed by atoms with E-state index in [4.69, 9.17) is 23.7 Å². The molecule has 0 N–H and O–H groups in total. The van der Waals surface area contributed by atoms with Crippen LogP contribution in [-0.4, -0.2) is 58.8 Å². The molecule has 0 unspecified atom stereocenters. The van der Waals surface area contributed by atoms with Crippen LogP contribution in [0.15, 0.2) is 67.3 Å². The molecule has 2 aromatic rings. The number of esters is 1. The predicted molar refractivity (Wildman–Crippen MR) is 111 cm³/mol. The molecule has 2 rings (SSSR count). The molecule has 6 nitrogen and oxygen atoms in total. The fraction of sp³-hybridized carbons (Fsp3) is 0.348. The Bertz CT molecular complexity index is 699. The minimum Gasteiger partial charge on any atom is -0.491 e. The highest BCUT2D eigenvalue weighted by Crippen LogP contribution is 2.21. The van der Waals surface area contributed by atoms with Gasteiger partial charge in [-0.15, -0.1) is 0 Å². The molecule has 0 atom stereocenters. The summed E-state index contributed by atoms with van der Waals surface area (Å²) in [5, 5.41) is 0. The molecule has 0 radical (unpaired) electrons. The highest BCUT2D eigenvalue weighted by molar-refractivity contribution is 5.81. The van der Waals surface area contributed by atoms with Crippen LogP contribution in [0.2, 0.25) is 0 Å². The third-order valence-electron chi connectivity index (χ3n) is 3.84. The molecule has 0 aliphatic rings. The highest BCUT2D eigenvalue weighted by atomic mass is 16.6. The van der Waals surface area contributed by atoms with Gasteiger partial charge in [0.1, 0.15) is 19.0 Å². The fourth-order valence-corrected chi connectivity index (χ4v) is 2.39. The number of carbonyl (C=O) groups is 1. The quantitative estimate of drug-likeness (QED) is 0.259. The zero-order chi connectivity index (χ0) is 20.6. The summed E-state index contributed by atoms with van der Waals surface area (Å²) in [5.41, 5.74) is 2.34. The summed E-state index contributed by atoms with van der Waals surface area (Å²) in [6.07, 6.45) is 1.12. The van der Waals surface area contributed by atoms with Crippen LogP contribution in [0.4, 0.5) is 0 Å². The van der Waals surface area contributed by atoms with Gasteiger partial charge in [0.2, 0.25) is 0 Å². The van der Waals surface area contributed by atoms with E-state index < -0.39 is 5.97 Å². The van der Waals surface area contributed by atoms with Gasteiger partial charge in [0.05, 0.1) is 39.6 Å². The summed E-state index contributed by atoms with van der Waals surface area (Å²) >= 11 is 0. The smallest absolute Gasteiger partial charge is 0.330 e. The Hall–Kier alpha value is -2.67. The lowest BCUT2D eigenvalue weighted by molar-refractivity contribution is -0.139. The van der Waals surface area contributed by atoms with Gasteiger partial charge < -0.3 is 23.7 Å². The lowest BCUT2D eigenvalue weighted by Crippen LogP contribution is -2.14. The van der Waals surface area contributed by atoms with Gasteiger partial charge in [-0.3, -0.25) is 0 Å². The van der Waals surface area contributed by atoms with E-state index in [0.717, 1.165) is 17.4 Å². The van der Waals surface area contributed by atoms with Gasteiger partial charge in [-0.05, 0) is 23.3 Å². The van der Waals surface area contributed by atoms with Gasteiger partial charge >= 0.3 is 5.97 Å². The van der Waals surface area contributed by atoms with Crippen molar-refractivity contribution < 1.29 is 28.5 Å². The van der Waals surface area contributed by atoms with Gasteiger partial charge in [0.25, 0.3) is 0 Å². The zero-order valence-corrected chi connectivity index (χ0v) is 16.6. The molecule has 6 heteroatoms. The second kappa shape index (κ2) is 14.3. The lowest BCUT2D eigenvalue weighted by Gasteiger charge is -2.09. The maximum Gasteiger partial charge on any atom is 0.330 e. The van der Waals surface area contributed by atoms with E-state index in [1.807, 2.05) is 42.5 Å². The summed E-state index contributed by atoms with van der Waals surface area (Å²) < 4.78 is 26.6. The summed E-state index contributed by atoms with van der Waals surface area (Å²) in [6, 6.07) is 18.2. The van der Waals surface area contributed by atoms with Gasteiger partial charge in [0, 0.05) is 6.08 Å². The Balaban J connectivity index is 1.41. The standard InChI is InChI=1S/C23H28O6/c1-2-23(24)29-19-17-27-15-13-25-12-14-26-16-18-28-22-10-8-21(9-11-22)20-6-4-3-5-7-20/h2-11H,1,12-19H2. The summed E-state index contributed by atoms with van der Waals surface area (Å²) in [5.74, 6) is 0.371. The minimum absolute atomic E-state index is 0.211. The molecule has 0 saturated carbocycles. The molecule has 29 heavy (non-hydrogen) atoms. The predicted octanol–water partition coefficient (Wildman–Crippen LogP) is 3.51. The number of rotatable bonds is 15. The van der Waals surface area contributed by atoms with Crippen LogP contribution in [0.5, 0.6) is 5.75 Å². The first-order valence-electron chi connectivity index (χ1n) is 9.60. The SMILES string of the molecule is C=CC(=O)OCCOCCOCCOCCOc1ccc(-c2ccccc2)cc1. The third kappa shape index (κ3) is 9.89. The van der Waals surface area contributed by atoms with E-state index in [1.54, 1.807) is 0 Å². The number of ether oxygens (including phenoxy) is 5. The number of benzene rings is 2. The Morgan fingerprint density at radius 3 is 1.79 bits per heavy atom.